The molecule has 0 unspecified atom stereocenters. The molecule has 0 aliphatic rings. The molecule has 0 saturated heterocycles. The molecular weight excluding hydrogens is 264 g/mol. The Hall–Kier alpha value is -0.720. The standard InChI is InChI=1S/C9H10N2O2S3/c1-2-15-9-4-3-7(16(10,12)13)5-8(9)11-6-14/h3-5H,2H2,1H3,(H2,10,12,13). The van der Waals surface area contributed by atoms with Crippen LogP contribution in [-0.4, -0.2) is 19.3 Å². The van der Waals surface area contributed by atoms with E-state index in [0.29, 0.717) is 5.69 Å². The molecule has 0 radical (unpaired) electrons. The summed E-state index contributed by atoms with van der Waals surface area (Å²) in [6.07, 6.45) is 0. The fourth-order valence-electron chi connectivity index (χ4n) is 1.09. The Bertz CT molecular complexity index is 534. The molecule has 0 heterocycles. The van der Waals surface area contributed by atoms with Gasteiger partial charge < -0.3 is 0 Å². The highest BCUT2D eigenvalue weighted by Crippen LogP contribution is 2.31. The van der Waals surface area contributed by atoms with Gasteiger partial charge in [0.05, 0.1) is 15.7 Å². The van der Waals surface area contributed by atoms with Gasteiger partial charge in [0.25, 0.3) is 0 Å². The number of nitrogens with zero attached hydrogens (tertiary/aromatic N) is 1. The molecule has 0 aliphatic heterocycles. The number of thiocarbonyl (C=S) groups is 1. The van der Waals surface area contributed by atoms with E-state index in [1.807, 2.05) is 6.92 Å². The van der Waals surface area contributed by atoms with Crippen LogP contribution in [0.4, 0.5) is 5.69 Å². The van der Waals surface area contributed by atoms with Gasteiger partial charge in [-0.1, -0.05) is 6.92 Å². The minimum absolute atomic E-state index is 0.0250. The minimum atomic E-state index is -3.71. The van der Waals surface area contributed by atoms with Crippen molar-refractivity contribution in [2.24, 2.45) is 10.1 Å². The number of nitrogens with two attached hydrogens (primary N) is 1. The number of aliphatic imine (C=N–C) groups is 1. The van der Waals surface area contributed by atoms with Gasteiger partial charge in [-0.3, -0.25) is 0 Å². The van der Waals surface area contributed by atoms with Crippen LogP contribution < -0.4 is 5.14 Å². The first-order chi connectivity index (χ1) is 7.49. The third kappa shape index (κ3) is 3.40. The van der Waals surface area contributed by atoms with E-state index in [-0.39, 0.29) is 4.90 Å². The van der Waals surface area contributed by atoms with Crippen molar-refractivity contribution in [2.45, 2.75) is 16.7 Å². The number of isothiocyanates is 1. The highest BCUT2D eigenvalue weighted by atomic mass is 32.2. The molecule has 7 heteroatoms. The van der Waals surface area contributed by atoms with Crippen LogP contribution in [0.2, 0.25) is 0 Å². The van der Waals surface area contributed by atoms with Gasteiger partial charge in [0.15, 0.2) is 0 Å². The SMILES string of the molecule is CCSc1ccc(S(N)(=O)=O)cc1N=C=S. The van der Waals surface area contributed by atoms with Crippen molar-refractivity contribution in [2.75, 3.05) is 5.75 Å². The number of primary sulfonamides is 1. The predicted octanol–water partition coefficient (Wildman–Crippen LogP) is 2.18. The monoisotopic (exact) mass is 274 g/mol. The Kier molecular flexibility index (Phi) is 4.64. The van der Waals surface area contributed by atoms with Gasteiger partial charge in [0.2, 0.25) is 10.0 Å². The van der Waals surface area contributed by atoms with Crippen molar-refractivity contribution < 1.29 is 8.42 Å². The van der Waals surface area contributed by atoms with Gasteiger partial charge in [0, 0.05) is 4.90 Å². The number of thioether (sulfide) groups is 1. The lowest BCUT2D eigenvalue weighted by Gasteiger charge is -2.04. The number of rotatable bonds is 4. The molecule has 0 atom stereocenters. The largest absolute Gasteiger partial charge is 0.238 e. The molecule has 0 fully saturated rings. The first kappa shape index (κ1) is 13.3. The molecule has 0 aromatic heterocycles. The van der Waals surface area contributed by atoms with E-state index in [4.69, 9.17) is 5.14 Å². The van der Waals surface area contributed by atoms with Gasteiger partial charge in [0.1, 0.15) is 0 Å². The van der Waals surface area contributed by atoms with Crippen LogP contribution in [-0.2, 0) is 10.0 Å². The van der Waals surface area contributed by atoms with Crippen molar-refractivity contribution in [1.29, 1.82) is 0 Å². The van der Waals surface area contributed by atoms with E-state index in [1.54, 1.807) is 17.8 Å². The topological polar surface area (TPSA) is 72.5 Å². The summed E-state index contributed by atoms with van der Waals surface area (Å²) in [4.78, 5) is 4.70. The van der Waals surface area contributed by atoms with E-state index in [1.165, 1.54) is 12.1 Å². The Morgan fingerprint density at radius 3 is 2.75 bits per heavy atom. The molecule has 1 rings (SSSR count). The van der Waals surface area contributed by atoms with Crippen molar-refractivity contribution in [3.8, 4) is 0 Å². The second-order valence-corrected chi connectivity index (χ2v) is 5.86. The van der Waals surface area contributed by atoms with E-state index in [9.17, 15) is 8.42 Å². The van der Waals surface area contributed by atoms with E-state index in [0.717, 1.165) is 10.6 Å². The second kappa shape index (κ2) is 5.56. The molecule has 16 heavy (non-hydrogen) atoms. The summed E-state index contributed by atoms with van der Waals surface area (Å²) >= 11 is 6.05. The van der Waals surface area contributed by atoms with Crippen LogP contribution in [0.15, 0.2) is 33.0 Å². The normalized spacial score (nSPS) is 10.9. The smallest absolute Gasteiger partial charge is 0.225 e. The van der Waals surface area contributed by atoms with Crippen molar-refractivity contribution >= 4 is 44.9 Å². The highest BCUT2D eigenvalue weighted by Gasteiger charge is 2.11. The van der Waals surface area contributed by atoms with Crippen molar-refractivity contribution in [3.05, 3.63) is 18.2 Å². The Labute approximate surface area is 104 Å². The first-order valence-corrected chi connectivity index (χ1v) is 7.30. The molecule has 0 aliphatic carbocycles. The zero-order valence-electron chi connectivity index (χ0n) is 8.50. The van der Waals surface area contributed by atoms with Crippen LogP contribution in [0, 0.1) is 0 Å². The summed E-state index contributed by atoms with van der Waals surface area (Å²) in [5.74, 6) is 0.856. The van der Waals surface area contributed by atoms with E-state index < -0.39 is 10.0 Å². The van der Waals surface area contributed by atoms with Crippen molar-refractivity contribution in [3.63, 3.8) is 0 Å². The summed E-state index contributed by atoms with van der Waals surface area (Å²) in [6.45, 7) is 1.99. The molecule has 4 nitrogen and oxygen atoms in total. The summed E-state index contributed by atoms with van der Waals surface area (Å²) in [6, 6.07) is 4.52. The quantitative estimate of drug-likeness (QED) is 0.519. The fourth-order valence-corrected chi connectivity index (χ4v) is 2.45. The Morgan fingerprint density at radius 2 is 2.25 bits per heavy atom. The molecule has 2 N–H and O–H groups in total. The molecule has 0 amide bonds. The molecule has 0 saturated carbocycles. The summed E-state index contributed by atoms with van der Waals surface area (Å²) in [5.41, 5.74) is 0.480. The molecule has 0 bridgehead atoms. The maximum atomic E-state index is 11.1. The third-order valence-corrected chi connectivity index (χ3v) is 3.67. The van der Waals surface area contributed by atoms with Crippen LogP contribution in [0.5, 0.6) is 0 Å². The zero-order valence-corrected chi connectivity index (χ0v) is 11.0. The van der Waals surface area contributed by atoms with Gasteiger partial charge >= 0.3 is 0 Å². The summed E-state index contributed by atoms with van der Waals surface area (Å²) in [7, 11) is -3.71. The predicted molar refractivity (Wildman–Crippen MR) is 68.9 cm³/mol. The molecule has 1 aromatic carbocycles. The van der Waals surface area contributed by atoms with Gasteiger partial charge in [-0.2, -0.15) is 4.99 Å². The zero-order chi connectivity index (χ0) is 12.2. The number of hydrogen-bond donors (Lipinski definition) is 1. The lowest BCUT2D eigenvalue weighted by Crippen LogP contribution is -2.11. The number of sulfonamides is 1. The van der Waals surface area contributed by atoms with Crippen LogP contribution in [0.1, 0.15) is 6.92 Å². The lowest BCUT2D eigenvalue weighted by atomic mass is 10.3. The average molecular weight is 274 g/mol. The summed E-state index contributed by atoms with van der Waals surface area (Å²) in [5, 5.41) is 7.24. The van der Waals surface area contributed by atoms with Gasteiger partial charge in [-0.15, -0.1) is 11.8 Å². The van der Waals surface area contributed by atoms with Crippen LogP contribution >= 0.6 is 24.0 Å². The fraction of sp³-hybridized carbons (Fsp3) is 0.222. The lowest BCUT2D eigenvalue weighted by molar-refractivity contribution is 0.597. The van der Waals surface area contributed by atoms with E-state index in [2.05, 4.69) is 22.4 Å². The summed E-state index contributed by atoms with van der Waals surface area (Å²) < 4.78 is 22.3. The maximum absolute atomic E-state index is 11.1. The second-order valence-electron chi connectivity index (χ2n) is 2.81. The molecule has 0 spiro atoms. The van der Waals surface area contributed by atoms with Crippen LogP contribution in [0.25, 0.3) is 0 Å². The first-order valence-electron chi connectivity index (χ1n) is 4.36. The van der Waals surface area contributed by atoms with Gasteiger partial charge in [-0.05, 0) is 36.2 Å². The Morgan fingerprint density at radius 1 is 1.56 bits per heavy atom. The highest BCUT2D eigenvalue weighted by molar-refractivity contribution is 7.99. The maximum Gasteiger partial charge on any atom is 0.238 e. The van der Waals surface area contributed by atoms with Crippen molar-refractivity contribution in [1.82, 2.24) is 0 Å². The number of hydrogen-bond acceptors (Lipinski definition) is 5. The minimum Gasteiger partial charge on any atom is -0.225 e. The molecule has 86 valence electrons. The Balaban J connectivity index is 3.33. The third-order valence-electron chi connectivity index (χ3n) is 1.72. The number of benzene rings is 1. The average Bonchev–Trinajstić information content (AvgIpc) is 2.19. The van der Waals surface area contributed by atoms with Crippen LogP contribution in [0.3, 0.4) is 0 Å². The van der Waals surface area contributed by atoms with Gasteiger partial charge in [-0.25, -0.2) is 13.6 Å². The van der Waals surface area contributed by atoms with E-state index >= 15 is 0 Å². The molecular formula is C9H10N2O2S3. The molecule has 1 aromatic rings.